The van der Waals surface area contributed by atoms with Gasteiger partial charge < -0.3 is 25.7 Å². The molecule has 4 N–H and O–H groups in total. The molecule has 3 rings (SSSR count). The van der Waals surface area contributed by atoms with Crippen molar-refractivity contribution in [2.75, 3.05) is 24.6 Å². The number of hydrogen-bond acceptors (Lipinski definition) is 5. The Morgan fingerprint density at radius 2 is 1.58 bits per heavy atom. The van der Waals surface area contributed by atoms with Gasteiger partial charge in [-0.3, -0.25) is 14.4 Å². The molecule has 0 spiro atoms. The van der Waals surface area contributed by atoms with Crippen molar-refractivity contribution >= 4 is 23.4 Å². The van der Waals surface area contributed by atoms with Crippen LogP contribution in [-0.4, -0.2) is 70.2 Å². The molecule has 1 aliphatic heterocycles. The van der Waals surface area contributed by atoms with E-state index in [-0.39, 0.29) is 21.7 Å². The number of carbonyl (C=O) groups excluding carboxylic acids is 3. The Kier molecular flexibility index (Phi) is 7.10. The lowest BCUT2D eigenvalue weighted by molar-refractivity contribution is -0.287. The molecule has 0 saturated carbocycles. The summed E-state index contributed by atoms with van der Waals surface area (Å²) in [5.74, 6) is -10.3. The summed E-state index contributed by atoms with van der Waals surface area (Å²) in [4.78, 5) is 39.4. The van der Waals surface area contributed by atoms with Gasteiger partial charge in [-0.1, -0.05) is 42.5 Å². The van der Waals surface area contributed by atoms with Gasteiger partial charge in [-0.05, 0) is 24.1 Å². The van der Waals surface area contributed by atoms with Crippen LogP contribution in [0.1, 0.15) is 18.5 Å². The number of carbonyl (C=O) groups is 3. The van der Waals surface area contributed by atoms with Crippen molar-refractivity contribution in [3.8, 4) is 11.1 Å². The zero-order valence-electron chi connectivity index (χ0n) is 18.8. The summed E-state index contributed by atoms with van der Waals surface area (Å²) in [6, 6.07) is 9.63. The number of hydrogen-bond donors (Lipinski definition) is 3. The number of aliphatic hydroxyl groups excluding tert-OH is 1. The quantitative estimate of drug-likeness (QED) is 0.385. The molecule has 0 aliphatic carbocycles. The Morgan fingerprint density at radius 1 is 1.03 bits per heavy atom. The minimum Gasteiger partial charge on any atom is -0.395 e. The largest absolute Gasteiger partial charge is 0.455 e. The number of nitrogens with two attached hydrogens (primary N) is 1. The van der Waals surface area contributed by atoms with E-state index in [2.05, 4.69) is 0 Å². The van der Waals surface area contributed by atoms with Crippen LogP contribution in [0.15, 0.2) is 48.5 Å². The number of amides is 3. The maximum atomic E-state index is 14.3. The van der Waals surface area contributed by atoms with Gasteiger partial charge in [0.05, 0.1) is 18.8 Å². The van der Waals surface area contributed by atoms with Crippen LogP contribution in [0.5, 0.6) is 0 Å². The third kappa shape index (κ3) is 4.63. The summed E-state index contributed by atoms with van der Waals surface area (Å²) in [6.07, 6.45) is -6.13. The van der Waals surface area contributed by atoms with Gasteiger partial charge in [-0.2, -0.15) is 22.0 Å². The molecule has 2 aromatic rings. The number of rotatable bonds is 7. The first-order chi connectivity index (χ1) is 16.6. The first-order valence-corrected chi connectivity index (χ1v) is 10.5. The van der Waals surface area contributed by atoms with Crippen LogP contribution < -0.4 is 10.6 Å². The van der Waals surface area contributed by atoms with Gasteiger partial charge in [0.15, 0.2) is 0 Å². The molecule has 0 radical (unpaired) electrons. The molecule has 0 fully saturated rings. The molecule has 0 bridgehead atoms. The van der Waals surface area contributed by atoms with Crippen LogP contribution >= 0.6 is 0 Å². The molecule has 0 saturated heterocycles. The van der Waals surface area contributed by atoms with Gasteiger partial charge in [0.2, 0.25) is 5.60 Å². The number of primary amides is 1. The van der Waals surface area contributed by atoms with Crippen LogP contribution in [0.2, 0.25) is 0 Å². The number of benzene rings is 2. The Hall–Kier alpha value is -3.58. The van der Waals surface area contributed by atoms with Crippen molar-refractivity contribution in [1.29, 1.82) is 0 Å². The minimum absolute atomic E-state index is 0.137. The number of β-amino-alcohol motifs (C(OH)–C–C–N with tert-alkyl or cyclic N) is 1. The highest BCUT2D eigenvalue weighted by Gasteiger charge is 2.61. The molecule has 2 aromatic carbocycles. The molecule has 1 heterocycles. The Bertz CT molecular complexity index is 1180. The average molecular weight is 515 g/mol. The van der Waals surface area contributed by atoms with Crippen molar-refractivity contribution < 1.29 is 46.5 Å². The van der Waals surface area contributed by atoms with E-state index in [4.69, 9.17) is 5.73 Å². The van der Waals surface area contributed by atoms with Gasteiger partial charge in [-0.25, -0.2) is 0 Å². The number of alkyl halides is 5. The van der Waals surface area contributed by atoms with Crippen LogP contribution in [0.3, 0.4) is 0 Å². The second kappa shape index (κ2) is 9.47. The summed E-state index contributed by atoms with van der Waals surface area (Å²) in [6.45, 7) is -2.88. The lowest BCUT2D eigenvalue weighted by atomic mass is 9.93. The van der Waals surface area contributed by atoms with Gasteiger partial charge in [0.25, 0.3) is 17.7 Å². The van der Waals surface area contributed by atoms with Gasteiger partial charge in [-0.15, -0.1) is 0 Å². The van der Waals surface area contributed by atoms with Crippen LogP contribution in [0.4, 0.5) is 27.6 Å². The summed E-state index contributed by atoms with van der Waals surface area (Å²) in [5, 5.41) is 19.9. The van der Waals surface area contributed by atoms with E-state index in [0.717, 1.165) is 4.90 Å². The van der Waals surface area contributed by atoms with Gasteiger partial charge >= 0.3 is 12.1 Å². The fourth-order valence-corrected chi connectivity index (χ4v) is 3.92. The maximum Gasteiger partial charge on any atom is 0.455 e. The molecular weight excluding hydrogens is 493 g/mol. The normalized spacial score (nSPS) is 17.5. The third-order valence-corrected chi connectivity index (χ3v) is 5.82. The molecule has 8 nitrogen and oxygen atoms in total. The van der Waals surface area contributed by atoms with Crippen LogP contribution in [-0.2, 0) is 14.4 Å². The summed E-state index contributed by atoms with van der Waals surface area (Å²) < 4.78 is 68.2. The first-order valence-electron chi connectivity index (χ1n) is 10.5. The molecule has 1 aliphatic rings. The van der Waals surface area contributed by atoms with Crippen molar-refractivity contribution in [1.82, 2.24) is 4.90 Å². The highest BCUT2D eigenvalue weighted by Crippen LogP contribution is 2.44. The van der Waals surface area contributed by atoms with Gasteiger partial charge in [0, 0.05) is 12.1 Å². The number of halogens is 5. The van der Waals surface area contributed by atoms with Gasteiger partial charge in [0.1, 0.15) is 6.04 Å². The Balaban J connectivity index is 2.33. The van der Waals surface area contributed by atoms with E-state index < -0.39 is 61.2 Å². The zero-order chi connectivity index (χ0) is 27.1. The fraction of sp³-hybridized carbons (Fsp3) is 0.348. The summed E-state index contributed by atoms with van der Waals surface area (Å²) >= 11 is 0. The Labute approximate surface area is 201 Å². The van der Waals surface area contributed by atoms with Crippen LogP contribution in [0.25, 0.3) is 11.1 Å². The lowest BCUT2D eigenvalue weighted by Crippen LogP contribution is -2.61. The maximum absolute atomic E-state index is 14.3. The van der Waals surface area contributed by atoms with E-state index in [9.17, 15) is 46.5 Å². The molecule has 0 aromatic heterocycles. The predicted molar refractivity (Wildman–Crippen MR) is 117 cm³/mol. The number of fused-ring (bicyclic) bond motifs is 3. The first kappa shape index (κ1) is 27.0. The third-order valence-electron chi connectivity index (χ3n) is 5.82. The highest BCUT2D eigenvalue weighted by molar-refractivity contribution is 6.11. The van der Waals surface area contributed by atoms with E-state index in [1.807, 2.05) is 0 Å². The number of anilines is 1. The standard InChI is InChI=1S/C23H22F5N3O5/c1-21(36,19(29)34)20(35)31(12-22(24,25)23(26,27)28)17-15-8-3-2-6-13(15)14-7-4-5-9-16(14)30(10-11-32)18(17)33/h2-9,17,32,36H,10-12H2,1H3,(H2,29,34)/t17?,21-/m0/s1. The molecule has 3 amide bonds. The van der Waals surface area contributed by atoms with E-state index in [0.29, 0.717) is 12.5 Å². The summed E-state index contributed by atoms with van der Waals surface area (Å²) in [7, 11) is 0. The van der Waals surface area contributed by atoms with E-state index in [1.54, 1.807) is 12.1 Å². The summed E-state index contributed by atoms with van der Waals surface area (Å²) in [5.41, 5.74) is 2.44. The van der Waals surface area contributed by atoms with Crippen molar-refractivity contribution in [3.63, 3.8) is 0 Å². The predicted octanol–water partition coefficient (Wildman–Crippen LogP) is 2.00. The molecule has 13 heteroatoms. The molecule has 2 atom stereocenters. The van der Waals surface area contributed by atoms with Crippen LogP contribution in [0, 0.1) is 0 Å². The zero-order valence-corrected chi connectivity index (χ0v) is 18.8. The average Bonchev–Trinajstić information content (AvgIpc) is 2.90. The van der Waals surface area contributed by atoms with Crippen molar-refractivity contribution in [2.24, 2.45) is 5.73 Å². The molecule has 1 unspecified atom stereocenters. The van der Waals surface area contributed by atoms with E-state index >= 15 is 0 Å². The van der Waals surface area contributed by atoms with E-state index in [1.165, 1.54) is 36.4 Å². The SMILES string of the molecule is C[C@](O)(C(N)=O)C(=O)N(CC(F)(F)C(F)(F)F)C1C(=O)N(CCO)c2ccccc2-c2ccccc21. The van der Waals surface area contributed by atoms with Crippen molar-refractivity contribution in [3.05, 3.63) is 54.1 Å². The second-order valence-electron chi connectivity index (χ2n) is 8.29. The number of para-hydroxylation sites is 1. The second-order valence-corrected chi connectivity index (χ2v) is 8.29. The Morgan fingerprint density at radius 3 is 2.14 bits per heavy atom. The molecular formula is C23H22F5N3O5. The number of nitrogens with zero attached hydrogens (tertiary/aromatic N) is 2. The minimum atomic E-state index is -6.13. The number of aliphatic hydroxyl groups is 2. The lowest BCUT2D eigenvalue weighted by Gasteiger charge is -2.38. The topological polar surface area (TPSA) is 124 Å². The van der Waals surface area contributed by atoms with Crippen molar-refractivity contribution in [2.45, 2.75) is 30.7 Å². The molecule has 36 heavy (non-hydrogen) atoms. The smallest absolute Gasteiger partial charge is 0.395 e. The molecule has 194 valence electrons. The fourth-order valence-electron chi connectivity index (χ4n) is 3.92. The highest BCUT2D eigenvalue weighted by atomic mass is 19.4. The monoisotopic (exact) mass is 515 g/mol.